The lowest BCUT2D eigenvalue weighted by Crippen LogP contribution is -2.49. The van der Waals surface area contributed by atoms with Crippen LogP contribution in [-0.4, -0.2) is 55.2 Å². The molecule has 9 nitrogen and oxygen atoms in total. The van der Waals surface area contributed by atoms with Crippen molar-refractivity contribution in [1.29, 1.82) is 0 Å². The number of benzene rings is 2. The van der Waals surface area contributed by atoms with E-state index in [1.54, 1.807) is 0 Å². The molecule has 2 aliphatic carbocycles. The van der Waals surface area contributed by atoms with Crippen molar-refractivity contribution in [2.24, 2.45) is 5.41 Å². The van der Waals surface area contributed by atoms with Crippen LogP contribution >= 0.6 is 0 Å². The maximum atomic E-state index is 12.9. The summed E-state index contributed by atoms with van der Waals surface area (Å²) in [7, 11) is 0. The number of fused-ring (bicyclic) bond motifs is 3. The van der Waals surface area contributed by atoms with Gasteiger partial charge in [0.25, 0.3) is 0 Å². The van der Waals surface area contributed by atoms with Crippen LogP contribution < -0.4 is 16.0 Å². The van der Waals surface area contributed by atoms with Crippen molar-refractivity contribution in [1.82, 2.24) is 16.0 Å². The summed E-state index contributed by atoms with van der Waals surface area (Å²) in [6.07, 6.45) is 2.25. The van der Waals surface area contributed by atoms with Gasteiger partial charge in [-0.2, -0.15) is 0 Å². The first-order valence-electron chi connectivity index (χ1n) is 11.8. The smallest absolute Gasteiger partial charge is 0.407 e. The summed E-state index contributed by atoms with van der Waals surface area (Å²) in [5.41, 5.74) is 3.71. The van der Waals surface area contributed by atoms with Crippen LogP contribution in [-0.2, 0) is 19.1 Å². The van der Waals surface area contributed by atoms with Gasteiger partial charge >= 0.3 is 12.1 Å². The van der Waals surface area contributed by atoms with Gasteiger partial charge in [0.05, 0.1) is 12.0 Å². The molecule has 0 saturated heterocycles. The second-order valence-electron chi connectivity index (χ2n) is 9.02. The molecule has 2 aromatic carbocycles. The normalized spacial score (nSPS) is 15.5. The maximum absolute atomic E-state index is 12.9. The Hall–Kier alpha value is -3.88. The fourth-order valence-electron chi connectivity index (χ4n) is 5.01. The molecule has 9 heteroatoms. The average molecular weight is 480 g/mol. The zero-order chi connectivity index (χ0) is 24.8. The predicted molar refractivity (Wildman–Crippen MR) is 128 cm³/mol. The third kappa shape index (κ3) is 5.45. The summed E-state index contributed by atoms with van der Waals surface area (Å²) in [4.78, 5) is 47.7. The Morgan fingerprint density at radius 2 is 1.46 bits per heavy atom. The Morgan fingerprint density at radius 3 is 2.06 bits per heavy atom. The van der Waals surface area contributed by atoms with E-state index in [-0.39, 0.29) is 31.5 Å². The van der Waals surface area contributed by atoms with Crippen LogP contribution in [0.4, 0.5) is 4.79 Å². The van der Waals surface area contributed by atoms with E-state index < -0.39 is 29.9 Å². The van der Waals surface area contributed by atoms with Gasteiger partial charge in [0.1, 0.15) is 13.2 Å². The number of hydrogen-bond donors (Lipinski definition) is 4. The molecule has 0 aromatic heterocycles. The summed E-state index contributed by atoms with van der Waals surface area (Å²) >= 11 is 0. The second kappa shape index (κ2) is 10.6. The van der Waals surface area contributed by atoms with Gasteiger partial charge in [0, 0.05) is 12.5 Å². The fraction of sp³-hybridized carbons (Fsp3) is 0.385. The summed E-state index contributed by atoms with van der Waals surface area (Å²) < 4.78 is 5.58. The Bertz CT molecular complexity index is 1080. The summed E-state index contributed by atoms with van der Waals surface area (Å²) in [6, 6.07) is 16.2. The Balaban J connectivity index is 1.31. The molecule has 0 aliphatic heterocycles. The standard InChI is InChI=1S/C26H29N3O6/c30-22(27-14-23(31)32)13-28-24(33)26(11-5-6-12-26)16-29-25(34)35-15-21-19-9-3-1-7-17(19)18-8-2-4-10-20(18)21/h1-4,7-10,21H,5-6,11-16H2,(H,27,30)(H,28,33)(H,29,34)(H,31,32). The average Bonchev–Trinajstić information content (AvgIpc) is 3.47. The van der Waals surface area contributed by atoms with Gasteiger partial charge in [-0.1, -0.05) is 61.4 Å². The van der Waals surface area contributed by atoms with Crippen LogP contribution in [0.15, 0.2) is 48.5 Å². The third-order valence-corrected chi connectivity index (χ3v) is 6.80. The van der Waals surface area contributed by atoms with Crippen LogP contribution in [0.5, 0.6) is 0 Å². The summed E-state index contributed by atoms with van der Waals surface area (Å²) in [5, 5.41) is 16.2. The number of carbonyl (C=O) groups is 4. The molecule has 1 saturated carbocycles. The second-order valence-corrected chi connectivity index (χ2v) is 9.02. The molecule has 2 aromatic rings. The number of carbonyl (C=O) groups excluding carboxylic acids is 3. The van der Waals surface area contributed by atoms with Crippen LogP contribution in [0.2, 0.25) is 0 Å². The lowest BCUT2D eigenvalue weighted by atomic mass is 9.85. The van der Waals surface area contributed by atoms with Crippen LogP contribution in [0.25, 0.3) is 11.1 Å². The topological polar surface area (TPSA) is 134 Å². The molecule has 1 fully saturated rings. The van der Waals surface area contributed by atoms with E-state index in [0.29, 0.717) is 12.8 Å². The van der Waals surface area contributed by atoms with Gasteiger partial charge < -0.3 is 25.8 Å². The quantitative estimate of drug-likeness (QED) is 0.436. The highest BCUT2D eigenvalue weighted by molar-refractivity contribution is 5.89. The SMILES string of the molecule is O=C(O)CNC(=O)CNC(=O)C1(CNC(=O)OCC2c3ccccc3-c3ccccc32)CCCC1. The lowest BCUT2D eigenvalue weighted by molar-refractivity contribution is -0.138. The van der Waals surface area contributed by atoms with Crippen molar-refractivity contribution < 1.29 is 29.0 Å². The number of aliphatic carboxylic acids is 1. The fourth-order valence-corrected chi connectivity index (χ4v) is 5.01. The highest BCUT2D eigenvalue weighted by Crippen LogP contribution is 2.44. The molecule has 4 N–H and O–H groups in total. The first kappa shape index (κ1) is 24.3. The van der Waals surface area contributed by atoms with E-state index in [9.17, 15) is 19.2 Å². The molecule has 3 amide bonds. The molecule has 0 unspecified atom stereocenters. The number of carboxylic acids is 1. The minimum absolute atomic E-state index is 0.0544. The van der Waals surface area contributed by atoms with E-state index >= 15 is 0 Å². The predicted octanol–water partition coefficient (Wildman–Crippen LogP) is 2.40. The van der Waals surface area contributed by atoms with E-state index in [0.717, 1.165) is 35.1 Å². The van der Waals surface area contributed by atoms with Crippen molar-refractivity contribution in [3.8, 4) is 11.1 Å². The summed E-state index contributed by atoms with van der Waals surface area (Å²) in [5.74, 6) is -2.14. The number of ether oxygens (including phenoxy) is 1. The van der Waals surface area contributed by atoms with Gasteiger partial charge in [-0.3, -0.25) is 14.4 Å². The molecule has 0 heterocycles. The van der Waals surface area contributed by atoms with Gasteiger partial charge in [-0.15, -0.1) is 0 Å². The molecule has 0 spiro atoms. The van der Waals surface area contributed by atoms with E-state index in [1.807, 2.05) is 36.4 Å². The largest absolute Gasteiger partial charge is 0.480 e. The van der Waals surface area contributed by atoms with Crippen molar-refractivity contribution in [2.75, 3.05) is 26.2 Å². The van der Waals surface area contributed by atoms with Crippen LogP contribution in [0, 0.1) is 5.41 Å². The molecule has 2 aliphatic rings. The molecular weight excluding hydrogens is 450 g/mol. The Morgan fingerprint density at radius 1 is 0.857 bits per heavy atom. The highest BCUT2D eigenvalue weighted by atomic mass is 16.5. The van der Waals surface area contributed by atoms with Crippen molar-refractivity contribution in [2.45, 2.75) is 31.6 Å². The maximum Gasteiger partial charge on any atom is 0.407 e. The number of amides is 3. The van der Waals surface area contributed by atoms with Crippen LogP contribution in [0.3, 0.4) is 0 Å². The van der Waals surface area contributed by atoms with E-state index in [1.165, 1.54) is 0 Å². The molecule has 0 radical (unpaired) electrons. The van der Waals surface area contributed by atoms with E-state index in [2.05, 4.69) is 28.1 Å². The number of carboxylic acid groups (broad SMARTS) is 1. The number of rotatable bonds is 9. The molecular formula is C26H29N3O6. The highest BCUT2D eigenvalue weighted by Gasteiger charge is 2.41. The molecule has 35 heavy (non-hydrogen) atoms. The van der Waals surface area contributed by atoms with Crippen LogP contribution in [0.1, 0.15) is 42.7 Å². The number of nitrogens with one attached hydrogen (secondary N) is 3. The number of alkyl carbamates (subject to hydrolysis) is 1. The molecule has 0 atom stereocenters. The minimum atomic E-state index is -1.16. The summed E-state index contributed by atoms with van der Waals surface area (Å²) in [6.45, 7) is -0.545. The number of hydrogen-bond acceptors (Lipinski definition) is 5. The Kier molecular flexibility index (Phi) is 7.33. The van der Waals surface area contributed by atoms with Crippen molar-refractivity contribution in [3.05, 3.63) is 59.7 Å². The van der Waals surface area contributed by atoms with Gasteiger partial charge in [-0.05, 0) is 35.1 Å². The van der Waals surface area contributed by atoms with E-state index in [4.69, 9.17) is 9.84 Å². The minimum Gasteiger partial charge on any atom is -0.480 e. The molecule has 184 valence electrons. The lowest BCUT2D eigenvalue weighted by Gasteiger charge is -2.27. The molecule has 0 bridgehead atoms. The third-order valence-electron chi connectivity index (χ3n) is 6.80. The Labute approximate surface area is 203 Å². The first-order valence-corrected chi connectivity index (χ1v) is 11.8. The molecule has 4 rings (SSSR count). The zero-order valence-corrected chi connectivity index (χ0v) is 19.3. The van der Waals surface area contributed by atoms with Crippen molar-refractivity contribution in [3.63, 3.8) is 0 Å². The monoisotopic (exact) mass is 479 g/mol. The zero-order valence-electron chi connectivity index (χ0n) is 19.3. The first-order chi connectivity index (χ1) is 16.9. The van der Waals surface area contributed by atoms with Gasteiger partial charge in [-0.25, -0.2) is 4.79 Å². The van der Waals surface area contributed by atoms with Gasteiger partial charge in [0.15, 0.2) is 0 Å². The van der Waals surface area contributed by atoms with Gasteiger partial charge in [0.2, 0.25) is 11.8 Å². The van der Waals surface area contributed by atoms with Crippen molar-refractivity contribution >= 4 is 23.9 Å².